The Morgan fingerprint density at radius 1 is 1.09 bits per heavy atom. The summed E-state index contributed by atoms with van der Waals surface area (Å²) < 4.78 is 6.19. The number of nitrogens with zero attached hydrogens (tertiary/aromatic N) is 1. The number of nitrogens with one attached hydrogen (secondary N) is 2. The molecule has 1 aliphatic carbocycles. The third-order valence-electron chi connectivity index (χ3n) is 6.90. The Morgan fingerprint density at radius 3 is 2.69 bits per heavy atom. The van der Waals surface area contributed by atoms with Crippen LogP contribution in [0, 0.1) is 0 Å². The summed E-state index contributed by atoms with van der Waals surface area (Å²) in [5, 5.41) is 9.01. The Balaban J connectivity index is 1.01. The molecule has 2 heterocycles. The van der Waals surface area contributed by atoms with E-state index in [2.05, 4.69) is 22.2 Å². The molecule has 1 aliphatic heterocycles. The van der Waals surface area contributed by atoms with Crippen molar-refractivity contribution in [3.63, 3.8) is 0 Å². The molecule has 1 saturated carbocycles. The lowest BCUT2D eigenvalue weighted by molar-refractivity contribution is -0.483. The number of rotatable bonds is 8. The maximum atomic E-state index is 6.19. The predicted molar refractivity (Wildman–Crippen MR) is 140 cm³/mol. The molecular weight excluding hydrogens is 462 g/mol. The highest BCUT2D eigenvalue weighted by Crippen LogP contribution is 2.38. The molecule has 2 fully saturated rings. The predicted octanol–water partition coefficient (Wildman–Crippen LogP) is 5.98. The van der Waals surface area contributed by atoms with Crippen LogP contribution < -0.4 is 10.6 Å². The third-order valence-corrected chi connectivity index (χ3v) is 7.14. The molecule has 2 N–H and O–H groups in total. The number of pyridine rings is 1. The van der Waals surface area contributed by atoms with Gasteiger partial charge in [0.15, 0.2) is 0 Å². The van der Waals surface area contributed by atoms with Gasteiger partial charge in [-0.05, 0) is 61.2 Å². The number of ether oxygens (including phenoxy) is 1. The fourth-order valence-electron chi connectivity index (χ4n) is 4.80. The Labute approximate surface area is 211 Å². The molecule has 1 saturated heterocycles. The van der Waals surface area contributed by atoms with Crippen molar-refractivity contribution in [2.24, 2.45) is 0 Å². The van der Waals surface area contributed by atoms with Crippen LogP contribution in [-0.2, 0) is 14.5 Å². The molecule has 0 amide bonds. The van der Waals surface area contributed by atoms with E-state index in [9.17, 15) is 0 Å². The van der Waals surface area contributed by atoms with Crippen LogP contribution in [0.5, 0.6) is 0 Å². The lowest BCUT2D eigenvalue weighted by Crippen LogP contribution is -2.50. The van der Waals surface area contributed by atoms with Gasteiger partial charge in [-0.2, -0.15) is 0 Å². The second kappa shape index (κ2) is 11.1. The van der Waals surface area contributed by atoms with Crippen molar-refractivity contribution in [2.45, 2.75) is 50.0 Å². The highest BCUT2D eigenvalue weighted by Gasteiger charge is 2.43. The topological polar surface area (TPSA) is 64.6 Å². The van der Waals surface area contributed by atoms with Gasteiger partial charge < -0.3 is 15.4 Å². The molecule has 5 rings (SSSR count). The summed E-state index contributed by atoms with van der Waals surface area (Å²) in [5.41, 5.74) is 3.92. The molecule has 3 aromatic rings. The van der Waals surface area contributed by atoms with Crippen molar-refractivity contribution in [3.05, 3.63) is 78.0 Å². The Kier molecular flexibility index (Phi) is 7.66. The number of anilines is 1. The number of benzene rings is 2. The SMILES string of the molecule is C=C(c1ccccc1)C1COC2(CCC(NCCCNc3ccnc4cc(Cl)ccc34)CC2)OO1. The molecule has 1 atom stereocenters. The van der Waals surface area contributed by atoms with E-state index in [0.717, 1.165) is 72.9 Å². The molecule has 2 aromatic carbocycles. The number of fused-ring (bicyclic) bond motifs is 1. The van der Waals surface area contributed by atoms with Crippen molar-refractivity contribution < 1.29 is 14.5 Å². The fourth-order valence-corrected chi connectivity index (χ4v) is 4.97. The van der Waals surface area contributed by atoms with Crippen LogP contribution in [0.2, 0.25) is 5.02 Å². The minimum Gasteiger partial charge on any atom is -0.384 e. The van der Waals surface area contributed by atoms with Crippen LogP contribution in [0.3, 0.4) is 0 Å². The van der Waals surface area contributed by atoms with Crippen molar-refractivity contribution >= 4 is 33.8 Å². The van der Waals surface area contributed by atoms with Crippen molar-refractivity contribution in [2.75, 3.05) is 25.0 Å². The Hall–Kier alpha value is -2.48. The van der Waals surface area contributed by atoms with Gasteiger partial charge >= 0.3 is 0 Å². The van der Waals surface area contributed by atoms with Gasteiger partial charge in [-0.3, -0.25) is 4.98 Å². The van der Waals surface area contributed by atoms with Crippen LogP contribution in [-0.4, -0.2) is 42.6 Å². The smallest absolute Gasteiger partial charge is 0.201 e. The van der Waals surface area contributed by atoms with E-state index in [1.165, 1.54) is 0 Å². The number of hydrogen-bond donors (Lipinski definition) is 2. The molecule has 6 nitrogen and oxygen atoms in total. The molecular formula is C28H32ClN3O3. The van der Waals surface area contributed by atoms with Gasteiger partial charge in [-0.1, -0.05) is 48.5 Å². The quantitative estimate of drug-likeness (QED) is 0.297. The van der Waals surface area contributed by atoms with E-state index in [1.807, 2.05) is 60.8 Å². The molecule has 1 unspecified atom stereocenters. The second-order valence-corrected chi connectivity index (χ2v) is 9.75. The lowest BCUT2D eigenvalue weighted by Gasteiger charge is -2.43. The number of halogens is 1. The summed E-state index contributed by atoms with van der Waals surface area (Å²) in [4.78, 5) is 16.0. The van der Waals surface area contributed by atoms with Gasteiger partial charge in [0, 0.05) is 47.7 Å². The Morgan fingerprint density at radius 2 is 1.91 bits per heavy atom. The lowest BCUT2D eigenvalue weighted by atomic mass is 9.89. The van der Waals surface area contributed by atoms with E-state index in [-0.39, 0.29) is 6.10 Å². The third kappa shape index (κ3) is 5.85. The first-order valence-corrected chi connectivity index (χ1v) is 12.7. The first-order valence-electron chi connectivity index (χ1n) is 12.4. The highest BCUT2D eigenvalue weighted by atomic mass is 35.5. The first kappa shape index (κ1) is 24.2. The van der Waals surface area contributed by atoms with Gasteiger partial charge in [0.1, 0.15) is 6.10 Å². The summed E-state index contributed by atoms with van der Waals surface area (Å²) in [6.45, 7) is 6.48. The molecule has 1 aromatic heterocycles. The van der Waals surface area contributed by atoms with Crippen molar-refractivity contribution in [1.29, 1.82) is 0 Å². The minimum atomic E-state index is -0.626. The van der Waals surface area contributed by atoms with E-state index in [4.69, 9.17) is 26.1 Å². The molecule has 1 spiro atoms. The molecule has 0 bridgehead atoms. The zero-order valence-corrected chi connectivity index (χ0v) is 20.6. The zero-order valence-electron chi connectivity index (χ0n) is 19.8. The molecule has 35 heavy (non-hydrogen) atoms. The maximum absolute atomic E-state index is 6.19. The monoisotopic (exact) mass is 493 g/mol. The number of aromatic nitrogens is 1. The summed E-state index contributed by atoms with van der Waals surface area (Å²) in [7, 11) is 0. The fraction of sp³-hybridized carbons (Fsp3) is 0.393. The van der Waals surface area contributed by atoms with Gasteiger partial charge in [0.05, 0.1) is 12.1 Å². The minimum absolute atomic E-state index is 0.277. The van der Waals surface area contributed by atoms with Crippen LogP contribution in [0.4, 0.5) is 5.69 Å². The van der Waals surface area contributed by atoms with Crippen LogP contribution in [0.15, 0.2) is 67.4 Å². The Bertz CT molecular complexity index is 1140. The average molecular weight is 494 g/mol. The first-order chi connectivity index (χ1) is 17.1. The summed E-state index contributed by atoms with van der Waals surface area (Å²) in [5.74, 6) is -0.626. The largest absolute Gasteiger partial charge is 0.384 e. The molecule has 184 valence electrons. The van der Waals surface area contributed by atoms with E-state index < -0.39 is 5.79 Å². The second-order valence-electron chi connectivity index (χ2n) is 9.31. The van der Waals surface area contributed by atoms with Crippen molar-refractivity contribution in [1.82, 2.24) is 10.3 Å². The van der Waals surface area contributed by atoms with Gasteiger partial charge in [-0.25, -0.2) is 9.78 Å². The van der Waals surface area contributed by atoms with Crippen LogP contribution >= 0.6 is 11.6 Å². The van der Waals surface area contributed by atoms with Gasteiger partial charge in [-0.15, -0.1) is 0 Å². The molecule has 2 aliphatic rings. The normalized spacial score (nSPS) is 24.5. The summed E-state index contributed by atoms with van der Waals surface area (Å²) in [6, 6.07) is 18.3. The maximum Gasteiger partial charge on any atom is 0.201 e. The van der Waals surface area contributed by atoms with E-state index in [1.54, 1.807) is 0 Å². The van der Waals surface area contributed by atoms with Gasteiger partial charge in [0.25, 0.3) is 0 Å². The van der Waals surface area contributed by atoms with E-state index in [0.29, 0.717) is 17.7 Å². The zero-order chi connectivity index (χ0) is 24.1. The standard InChI is InChI=1S/C28H32ClN3O3/c1-20(21-6-3-2-4-7-21)27-19-33-28(35-34-27)13-10-23(11-14-28)30-15-5-16-31-25-12-17-32-26-18-22(29)8-9-24(25)26/h2-4,6-9,12,17-18,23,27,30H,1,5,10-11,13-16,19H2,(H,31,32). The van der Waals surface area contributed by atoms with Crippen LogP contribution in [0.1, 0.15) is 37.7 Å². The van der Waals surface area contributed by atoms with E-state index >= 15 is 0 Å². The van der Waals surface area contributed by atoms with Gasteiger partial charge in [0.2, 0.25) is 5.79 Å². The number of hydrogen-bond acceptors (Lipinski definition) is 6. The molecule has 0 radical (unpaired) electrons. The molecule has 7 heteroatoms. The average Bonchev–Trinajstić information content (AvgIpc) is 2.90. The van der Waals surface area contributed by atoms with Crippen LogP contribution in [0.25, 0.3) is 16.5 Å². The highest BCUT2D eigenvalue weighted by molar-refractivity contribution is 6.31. The van der Waals surface area contributed by atoms with Crippen molar-refractivity contribution in [3.8, 4) is 0 Å². The summed E-state index contributed by atoms with van der Waals surface area (Å²) in [6.07, 6.45) is 6.20. The summed E-state index contributed by atoms with van der Waals surface area (Å²) >= 11 is 6.09.